The Morgan fingerprint density at radius 1 is 1.18 bits per heavy atom. The molecule has 1 amide bonds. The van der Waals surface area contributed by atoms with Gasteiger partial charge in [0.15, 0.2) is 0 Å². The fraction of sp³-hybridized carbons (Fsp3) is 0.231. The highest BCUT2D eigenvalue weighted by Gasteiger charge is 1.90. The van der Waals surface area contributed by atoms with Crippen LogP contribution in [-0.2, 0) is 4.79 Å². The third-order valence-electron chi connectivity index (χ3n) is 1.69. The number of carbonyl (C=O) groups excluding carboxylic acids is 1. The van der Waals surface area contributed by atoms with Crippen molar-refractivity contribution in [2.75, 3.05) is 19.8 Å². The largest absolute Gasteiger partial charge is 0.354 e. The average Bonchev–Trinajstić information content (AvgIpc) is 2.36. The average molecular weight is 250 g/mol. The number of hydrogen-bond donors (Lipinski definition) is 1. The molecule has 0 spiro atoms. The Morgan fingerprint density at radius 3 is 2.41 bits per heavy atom. The van der Waals surface area contributed by atoms with Crippen LogP contribution in [-0.4, -0.2) is 32.5 Å². The van der Waals surface area contributed by atoms with Crippen LogP contribution < -0.4 is 5.32 Å². The lowest BCUT2D eigenvalue weighted by molar-refractivity contribution is -0.109. The minimum Gasteiger partial charge on any atom is -0.354 e. The highest BCUT2D eigenvalue weighted by molar-refractivity contribution is 8.02. The molecular weight excluding hydrogens is 232 g/mol. The predicted molar refractivity (Wildman–Crippen MR) is 77.5 cm³/mol. The van der Waals surface area contributed by atoms with Gasteiger partial charge in [-0.3, -0.25) is 9.79 Å². The van der Waals surface area contributed by atoms with E-state index in [1.165, 1.54) is 0 Å². The maximum absolute atomic E-state index is 10.1. The van der Waals surface area contributed by atoms with Gasteiger partial charge in [0.25, 0.3) is 0 Å². The number of rotatable bonds is 8. The summed E-state index contributed by atoms with van der Waals surface area (Å²) in [5.41, 5.74) is 0. The molecule has 0 heterocycles. The maximum atomic E-state index is 10.1. The summed E-state index contributed by atoms with van der Waals surface area (Å²) in [6.07, 6.45) is 17.9. The summed E-state index contributed by atoms with van der Waals surface area (Å²) in [6.45, 7) is 0.575. The zero-order valence-corrected chi connectivity index (χ0v) is 11.0. The van der Waals surface area contributed by atoms with Gasteiger partial charge in [0.05, 0.1) is 0 Å². The lowest BCUT2D eigenvalue weighted by atomic mass is 10.4. The van der Waals surface area contributed by atoms with Crippen LogP contribution in [0.5, 0.6) is 0 Å². The summed E-state index contributed by atoms with van der Waals surface area (Å²) in [4.78, 5) is 15.1. The fourth-order valence-corrected chi connectivity index (χ4v) is 1.34. The highest BCUT2D eigenvalue weighted by atomic mass is 32.2. The van der Waals surface area contributed by atoms with Gasteiger partial charge in [-0.05, 0) is 12.3 Å². The number of allylic oxidation sites excluding steroid dienone is 7. The number of amides is 1. The van der Waals surface area contributed by atoms with Gasteiger partial charge in [-0.1, -0.05) is 36.5 Å². The zero-order valence-electron chi connectivity index (χ0n) is 10.2. The molecule has 0 aliphatic heterocycles. The van der Waals surface area contributed by atoms with Gasteiger partial charge >= 0.3 is 0 Å². The van der Waals surface area contributed by atoms with E-state index in [0.29, 0.717) is 13.0 Å². The van der Waals surface area contributed by atoms with E-state index in [9.17, 15) is 4.79 Å². The number of thioether (sulfide) groups is 1. The van der Waals surface area contributed by atoms with Crippen LogP contribution in [0.2, 0.25) is 0 Å². The Labute approximate surface area is 107 Å². The molecule has 0 rings (SSSR count). The van der Waals surface area contributed by atoms with Crippen LogP contribution in [0.3, 0.4) is 0 Å². The SMILES string of the molecule is CN=C\C=C/C=C/C=C/C=C(/CNC=O)SC. The van der Waals surface area contributed by atoms with E-state index in [2.05, 4.69) is 10.3 Å². The van der Waals surface area contributed by atoms with E-state index in [1.807, 2.05) is 48.8 Å². The van der Waals surface area contributed by atoms with Gasteiger partial charge in [-0.2, -0.15) is 0 Å². The van der Waals surface area contributed by atoms with Crippen LogP contribution in [0.15, 0.2) is 52.4 Å². The number of nitrogens with zero attached hydrogens (tertiary/aromatic N) is 1. The minimum absolute atomic E-state index is 0.575. The molecule has 0 aliphatic rings. The van der Waals surface area contributed by atoms with Gasteiger partial charge in [0, 0.05) is 24.7 Å². The molecule has 92 valence electrons. The van der Waals surface area contributed by atoms with E-state index < -0.39 is 0 Å². The summed E-state index contributed by atoms with van der Waals surface area (Å²) in [5.74, 6) is 0. The number of nitrogens with one attached hydrogen (secondary N) is 1. The third-order valence-corrected chi connectivity index (χ3v) is 2.50. The van der Waals surface area contributed by atoms with E-state index in [1.54, 1.807) is 25.0 Å². The molecule has 17 heavy (non-hydrogen) atoms. The van der Waals surface area contributed by atoms with Crippen molar-refractivity contribution in [1.29, 1.82) is 0 Å². The Balaban J connectivity index is 4.05. The van der Waals surface area contributed by atoms with E-state index in [4.69, 9.17) is 0 Å². The second kappa shape index (κ2) is 12.5. The van der Waals surface area contributed by atoms with Crippen molar-refractivity contribution in [2.24, 2.45) is 4.99 Å². The van der Waals surface area contributed by atoms with Crippen molar-refractivity contribution < 1.29 is 4.79 Å². The second-order valence-corrected chi connectivity index (χ2v) is 3.83. The first-order valence-electron chi connectivity index (χ1n) is 5.17. The Bertz CT molecular complexity index is 341. The molecule has 0 radical (unpaired) electrons. The molecule has 0 fully saturated rings. The third kappa shape index (κ3) is 10.7. The standard InChI is InChI=1S/C13H18N2OS/c1-14-10-8-6-4-3-5-7-9-13(17-2)11-15-12-16/h3-10,12H,11H2,1-2H3,(H,15,16)/b4-3+,7-5+,8-6-,13-9-,14-10?. The van der Waals surface area contributed by atoms with Gasteiger partial charge < -0.3 is 5.32 Å². The Morgan fingerprint density at radius 2 is 1.82 bits per heavy atom. The van der Waals surface area contributed by atoms with E-state index in [0.717, 1.165) is 4.91 Å². The molecule has 1 N–H and O–H groups in total. The Hall–Kier alpha value is -1.55. The predicted octanol–water partition coefficient (Wildman–Crippen LogP) is 2.35. The van der Waals surface area contributed by atoms with Crippen molar-refractivity contribution in [3.8, 4) is 0 Å². The lowest BCUT2D eigenvalue weighted by Crippen LogP contribution is -2.12. The summed E-state index contributed by atoms with van der Waals surface area (Å²) in [7, 11) is 1.73. The molecular formula is C13H18N2OS. The summed E-state index contributed by atoms with van der Waals surface area (Å²) in [5, 5.41) is 2.63. The molecule has 0 bridgehead atoms. The van der Waals surface area contributed by atoms with Crippen molar-refractivity contribution in [3.05, 3.63) is 47.4 Å². The molecule has 0 aromatic heterocycles. The van der Waals surface area contributed by atoms with Gasteiger partial charge in [0.2, 0.25) is 6.41 Å². The first kappa shape index (κ1) is 15.4. The van der Waals surface area contributed by atoms with Crippen molar-refractivity contribution in [1.82, 2.24) is 5.32 Å². The topological polar surface area (TPSA) is 41.5 Å². The van der Waals surface area contributed by atoms with E-state index >= 15 is 0 Å². The first-order chi connectivity index (χ1) is 8.35. The van der Waals surface area contributed by atoms with E-state index in [-0.39, 0.29) is 0 Å². The fourth-order valence-electron chi connectivity index (χ4n) is 0.897. The molecule has 0 unspecified atom stereocenters. The molecule has 0 atom stereocenters. The van der Waals surface area contributed by atoms with Crippen molar-refractivity contribution in [3.63, 3.8) is 0 Å². The van der Waals surface area contributed by atoms with Crippen LogP contribution >= 0.6 is 11.8 Å². The normalized spacial score (nSPS) is 13.4. The van der Waals surface area contributed by atoms with Gasteiger partial charge in [-0.25, -0.2) is 0 Å². The van der Waals surface area contributed by atoms with Gasteiger partial charge in [-0.15, -0.1) is 11.8 Å². The molecule has 0 saturated carbocycles. The molecule has 3 nitrogen and oxygen atoms in total. The molecule has 0 aromatic carbocycles. The Kier molecular flexibility index (Phi) is 11.4. The number of hydrogen-bond acceptors (Lipinski definition) is 3. The molecule has 0 saturated heterocycles. The monoisotopic (exact) mass is 250 g/mol. The summed E-state index contributed by atoms with van der Waals surface area (Å²) in [6, 6.07) is 0. The van der Waals surface area contributed by atoms with Gasteiger partial charge in [0.1, 0.15) is 0 Å². The van der Waals surface area contributed by atoms with Crippen LogP contribution in [0, 0.1) is 0 Å². The van der Waals surface area contributed by atoms with Crippen molar-refractivity contribution >= 4 is 24.4 Å². The van der Waals surface area contributed by atoms with Crippen LogP contribution in [0.25, 0.3) is 0 Å². The quantitative estimate of drug-likeness (QED) is 0.408. The van der Waals surface area contributed by atoms with Crippen LogP contribution in [0.4, 0.5) is 0 Å². The molecule has 0 aromatic rings. The number of aliphatic imine (C=N–C) groups is 1. The minimum atomic E-state index is 0.575. The van der Waals surface area contributed by atoms with Crippen molar-refractivity contribution in [2.45, 2.75) is 0 Å². The highest BCUT2D eigenvalue weighted by Crippen LogP contribution is 2.09. The molecule has 0 aliphatic carbocycles. The number of carbonyl (C=O) groups is 1. The zero-order chi connectivity index (χ0) is 12.8. The molecule has 4 heteroatoms. The lowest BCUT2D eigenvalue weighted by Gasteiger charge is -1.99. The summed E-state index contributed by atoms with van der Waals surface area (Å²) >= 11 is 1.62. The van der Waals surface area contributed by atoms with Crippen LogP contribution in [0.1, 0.15) is 0 Å². The smallest absolute Gasteiger partial charge is 0.207 e. The summed E-state index contributed by atoms with van der Waals surface area (Å²) < 4.78 is 0. The maximum Gasteiger partial charge on any atom is 0.207 e. The second-order valence-electron chi connectivity index (χ2n) is 2.90. The first-order valence-corrected chi connectivity index (χ1v) is 6.40.